The Morgan fingerprint density at radius 3 is 2.63 bits per heavy atom. The van der Waals surface area contributed by atoms with Crippen LogP contribution in [-0.2, 0) is 6.42 Å². The van der Waals surface area contributed by atoms with E-state index in [1.807, 2.05) is 0 Å². The third kappa shape index (κ3) is 3.13. The van der Waals surface area contributed by atoms with Crippen LogP contribution in [0.3, 0.4) is 0 Å². The van der Waals surface area contributed by atoms with Gasteiger partial charge in [-0.25, -0.2) is 0 Å². The highest BCUT2D eigenvalue weighted by molar-refractivity contribution is 6.30. The Labute approximate surface area is 115 Å². The van der Waals surface area contributed by atoms with E-state index < -0.39 is 0 Å². The van der Waals surface area contributed by atoms with Gasteiger partial charge in [0.2, 0.25) is 5.88 Å². The highest BCUT2D eigenvalue weighted by atomic mass is 35.5. The first kappa shape index (κ1) is 13.6. The van der Waals surface area contributed by atoms with Gasteiger partial charge in [-0.2, -0.15) is 4.98 Å². The van der Waals surface area contributed by atoms with Gasteiger partial charge in [0.15, 0.2) is 0 Å². The van der Waals surface area contributed by atoms with Gasteiger partial charge >= 0.3 is 0 Å². The van der Waals surface area contributed by atoms with E-state index in [-0.39, 0.29) is 17.0 Å². The van der Waals surface area contributed by atoms with Gasteiger partial charge in [-0.1, -0.05) is 23.7 Å². The SMILES string of the molecule is CNCCc1nc(O)c(-c2ccc(Cl)cc2)c(=O)[nH]1. The summed E-state index contributed by atoms with van der Waals surface area (Å²) in [5.74, 6) is 0.187. The molecular weight excluding hydrogens is 266 g/mol. The summed E-state index contributed by atoms with van der Waals surface area (Å²) >= 11 is 5.79. The molecule has 0 saturated carbocycles. The Bertz CT molecular complexity index is 623. The molecule has 19 heavy (non-hydrogen) atoms. The Balaban J connectivity index is 2.42. The number of nitrogens with one attached hydrogen (secondary N) is 2. The molecule has 2 rings (SSSR count). The number of aromatic amines is 1. The van der Waals surface area contributed by atoms with E-state index in [2.05, 4.69) is 15.3 Å². The highest BCUT2D eigenvalue weighted by Gasteiger charge is 2.12. The normalized spacial score (nSPS) is 10.6. The predicted molar refractivity (Wildman–Crippen MR) is 74.6 cm³/mol. The molecule has 0 radical (unpaired) electrons. The van der Waals surface area contributed by atoms with Crippen molar-refractivity contribution in [2.45, 2.75) is 6.42 Å². The predicted octanol–water partition coefficient (Wildman–Crippen LogP) is 1.56. The number of rotatable bonds is 4. The van der Waals surface area contributed by atoms with Crippen LogP contribution in [-0.4, -0.2) is 28.7 Å². The topological polar surface area (TPSA) is 78.0 Å². The van der Waals surface area contributed by atoms with Crippen molar-refractivity contribution >= 4 is 11.6 Å². The van der Waals surface area contributed by atoms with Gasteiger partial charge < -0.3 is 15.4 Å². The number of aromatic nitrogens is 2. The average molecular weight is 280 g/mol. The first-order valence-corrected chi connectivity index (χ1v) is 6.22. The van der Waals surface area contributed by atoms with E-state index in [1.54, 1.807) is 31.3 Å². The molecule has 0 spiro atoms. The zero-order chi connectivity index (χ0) is 13.8. The number of benzene rings is 1. The monoisotopic (exact) mass is 279 g/mol. The maximum absolute atomic E-state index is 12.0. The minimum Gasteiger partial charge on any atom is -0.493 e. The van der Waals surface area contributed by atoms with Crippen LogP contribution < -0.4 is 10.9 Å². The molecule has 1 aromatic heterocycles. The van der Waals surface area contributed by atoms with Crippen LogP contribution in [0, 0.1) is 0 Å². The van der Waals surface area contributed by atoms with Crippen LogP contribution in [0.5, 0.6) is 5.88 Å². The first-order chi connectivity index (χ1) is 9.11. The number of nitrogens with zero attached hydrogens (tertiary/aromatic N) is 1. The van der Waals surface area contributed by atoms with Crippen molar-refractivity contribution in [3.8, 4) is 17.0 Å². The second-order valence-corrected chi connectivity index (χ2v) is 4.51. The van der Waals surface area contributed by atoms with Gasteiger partial charge in [0.05, 0.1) is 0 Å². The van der Waals surface area contributed by atoms with Crippen molar-refractivity contribution in [2.24, 2.45) is 0 Å². The molecule has 3 N–H and O–H groups in total. The van der Waals surface area contributed by atoms with Crippen LogP contribution in [0.2, 0.25) is 5.02 Å². The molecule has 0 unspecified atom stereocenters. The van der Waals surface area contributed by atoms with Gasteiger partial charge in [0.25, 0.3) is 5.56 Å². The average Bonchev–Trinajstić information content (AvgIpc) is 2.38. The lowest BCUT2D eigenvalue weighted by Gasteiger charge is -2.06. The summed E-state index contributed by atoms with van der Waals surface area (Å²) in [6.07, 6.45) is 0.542. The van der Waals surface area contributed by atoms with E-state index in [9.17, 15) is 9.90 Å². The molecule has 2 aromatic rings. The van der Waals surface area contributed by atoms with Gasteiger partial charge in [0.1, 0.15) is 11.4 Å². The van der Waals surface area contributed by atoms with E-state index in [1.165, 1.54) is 0 Å². The molecule has 6 heteroatoms. The van der Waals surface area contributed by atoms with E-state index in [4.69, 9.17) is 11.6 Å². The van der Waals surface area contributed by atoms with Gasteiger partial charge in [-0.15, -0.1) is 0 Å². The second-order valence-electron chi connectivity index (χ2n) is 4.07. The third-order valence-corrected chi connectivity index (χ3v) is 2.95. The summed E-state index contributed by atoms with van der Waals surface area (Å²) in [5.41, 5.74) is 0.376. The maximum atomic E-state index is 12.0. The van der Waals surface area contributed by atoms with Crippen molar-refractivity contribution in [3.63, 3.8) is 0 Å². The molecule has 0 amide bonds. The Hall–Kier alpha value is -1.85. The molecule has 0 fully saturated rings. The molecule has 1 heterocycles. The number of likely N-dealkylation sites (N-methyl/N-ethyl adjacent to an activating group) is 1. The maximum Gasteiger partial charge on any atom is 0.262 e. The number of halogens is 1. The largest absolute Gasteiger partial charge is 0.493 e. The van der Waals surface area contributed by atoms with Crippen molar-refractivity contribution in [1.29, 1.82) is 0 Å². The fraction of sp³-hybridized carbons (Fsp3) is 0.231. The summed E-state index contributed by atoms with van der Waals surface area (Å²) in [5, 5.41) is 13.4. The molecular formula is C13H14ClN3O2. The van der Waals surface area contributed by atoms with Crippen LogP contribution in [0.4, 0.5) is 0 Å². The van der Waals surface area contributed by atoms with Crippen LogP contribution in [0.15, 0.2) is 29.1 Å². The Morgan fingerprint density at radius 1 is 1.37 bits per heavy atom. The number of hydrogen-bond donors (Lipinski definition) is 3. The smallest absolute Gasteiger partial charge is 0.262 e. The third-order valence-electron chi connectivity index (χ3n) is 2.69. The molecule has 5 nitrogen and oxygen atoms in total. The van der Waals surface area contributed by atoms with E-state index in [0.717, 1.165) is 0 Å². The summed E-state index contributed by atoms with van der Waals surface area (Å²) < 4.78 is 0. The molecule has 0 aliphatic heterocycles. The first-order valence-electron chi connectivity index (χ1n) is 5.84. The van der Waals surface area contributed by atoms with Crippen LogP contribution >= 0.6 is 11.6 Å². The number of H-pyrrole nitrogens is 1. The Morgan fingerprint density at radius 2 is 2.05 bits per heavy atom. The van der Waals surface area contributed by atoms with Crippen LogP contribution in [0.1, 0.15) is 5.82 Å². The summed E-state index contributed by atoms with van der Waals surface area (Å²) in [7, 11) is 1.81. The number of hydrogen-bond acceptors (Lipinski definition) is 4. The molecule has 0 atom stereocenters. The molecule has 0 aliphatic rings. The summed E-state index contributed by atoms with van der Waals surface area (Å²) in [6.45, 7) is 0.669. The lowest BCUT2D eigenvalue weighted by molar-refractivity contribution is 0.449. The Kier molecular flexibility index (Phi) is 4.19. The fourth-order valence-electron chi connectivity index (χ4n) is 1.75. The zero-order valence-corrected chi connectivity index (χ0v) is 11.2. The van der Waals surface area contributed by atoms with Crippen molar-refractivity contribution in [1.82, 2.24) is 15.3 Å². The molecule has 0 saturated heterocycles. The summed E-state index contributed by atoms with van der Waals surface area (Å²) in [4.78, 5) is 18.7. The standard InChI is InChI=1S/C13H14ClN3O2/c1-15-7-6-10-16-12(18)11(13(19)17-10)8-2-4-9(14)5-3-8/h2-5,15H,6-7H2,1H3,(H2,16,17,18,19). The highest BCUT2D eigenvalue weighted by Crippen LogP contribution is 2.24. The quantitative estimate of drug-likeness (QED) is 0.794. The van der Waals surface area contributed by atoms with Crippen molar-refractivity contribution in [2.75, 3.05) is 13.6 Å². The van der Waals surface area contributed by atoms with Gasteiger partial charge in [-0.05, 0) is 24.7 Å². The number of aromatic hydroxyl groups is 1. The minimum atomic E-state index is -0.360. The molecule has 0 bridgehead atoms. The molecule has 0 aliphatic carbocycles. The molecule has 1 aromatic carbocycles. The van der Waals surface area contributed by atoms with E-state index in [0.29, 0.717) is 29.4 Å². The second kappa shape index (κ2) is 5.86. The molecule has 100 valence electrons. The summed E-state index contributed by atoms with van der Waals surface area (Å²) in [6, 6.07) is 6.65. The lowest BCUT2D eigenvalue weighted by Crippen LogP contribution is -2.18. The minimum absolute atomic E-state index is 0.157. The lowest BCUT2D eigenvalue weighted by atomic mass is 10.1. The van der Waals surface area contributed by atoms with Crippen LogP contribution in [0.25, 0.3) is 11.1 Å². The van der Waals surface area contributed by atoms with Crippen molar-refractivity contribution < 1.29 is 5.11 Å². The van der Waals surface area contributed by atoms with E-state index >= 15 is 0 Å². The zero-order valence-electron chi connectivity index (χ0n) is 10.4. The van der Waals surface area contributed by atoms with Crippen molar-refractivity contribution in [3.05, 3.63) is 45.5 Å². The van der Waals surface area contributed by atoms with Gasteiger partial charge in [-0.3, -0.25) is 4.79 Å². The fourth-order valence-corrected chi connectivity index (χ4v) is 1.87. The van der Waals surface area contributed by atoms with Gasteiger partial charge in [0, 0.05) is 18.0 Å².